The molecule has 6 unspecified atom stereocenters. The molecule has 0 saturated carbocycles. The van der Waals surface area contributed by atoms with Crippen LogP contribution in [-0.4, -0.2) is 56.2 Å². The third-order valence-corrected chi connectivity index (χ3v) is 9.82. The van der Waals surface area contributed by atoms with E-state index >= 15 is 0 Å². The van der Waals surface area contributed by atoms with Crippen molar-refractivity contribution in [2.45, 2.75) is 29.9 Å². The minimum absolute atomic E-state index is 0.180. The van der Waals surface area contributed by atoms with Gasteiger partial charge < -0.3 is 19.3 Å². The van der Waals surface area contributed by atoms with Crippen molar-refractivity contribution in [3.8, 4) is 0 Å². The molecule has 0 aromatic heterocycles. The van der Waals surface area contributed by atoms with Crippen LogP contribution >= 0.6 is 67.8 Å². The summed E-state index contributed by atoms with van der Waals surface area (Å²) < 4.78 is 80.9. The minimum Gasteiger partial charge on any atom is -0.861 e. The first-order chi connectivity index (χ1) is 14.7. The lowest BCUT2D eigenvalue weighted by Gasteiger charge is -2.31. The predicted molar refractivity (Wildman–Crippen MR) is 122 cm³/mol. The van der Waals surface area contributed by atoms with E-state index in [9.17, 15) is 36.3 Å². The van der Waals surface area contributed by atoms with Crippen LogP contribution in [0.4, 0.5) is 13.2 Å². The van der Waals surface area contributed by atoms with Crippen LogP contribution in [0.5, 0.6) is 0 Å². The zero-order chi connectivity index (χ0) is 23.7. The lowest BCUT2D eigenvalue weighted by Crippen LogP contribution is -2.50. The van der Waals surface area contributed by atoms with E-state index in [0.717, 1.165) is 7.14 Å². The molecular weight excluding hydrogens is 804 g/mol. The average Bonchev–Trinajstić information content (AvgIpc) is 3.25. The number of rotatable bonds is 4. The molecule has 0 N–H and O–H groups in total. The second-order valence-electron chi connectivity index (χ2n) is 6.99. The van der Waals surface area contributed by atoms with Crippen LogP contribution in [0.2, 0.25) is 0 Å². The number of halogens is 6. The zero-order valence-corrected chi connectivity index (χ0v) is 22.3. The number of carbonyl (C=O) groups is 2. The van der Waals surface area contributed by atoms with Crippen molar-refractivity contribution in [3.63, 3.8) is 0 Å². The standard InChI is InChI=1S/C16H9F3I3NO8S/c17-16(18,19)32(27,28)23-13(24)6-9-12(7-11(29-9)10(6)31-15(7)26)30-14(25)4-1-3(20)2-5(21)8(4)22/h1-2,6-7,9-12H,(H,23,24)/p-1. The summed E-state index contributed by atoms with van der Waals surface area (Å²) in [5, 5.41) is 12.4. The second kappa shape index (κ2) is 8.33. The van der Waals surface area contributed by atoms with Gasteiger partial charge in [0.2, 0.25) is 0 Å². The minimum atomic E-state index is -6.11. The highest BCUT2D eigenvalue weighted by atomic mass is 127. The van der Waals surface area contributed by atoms with Gasteiger partial charge in [-0.15, -0.1) is 0 Å². The Morgan fingerprint density at radius 3 is 2.44 bits per heavy atom. The van der Waals surface area contributed by atoms with E-state index in [1.54, 1.807) is 6.07 Å². The first kappa shape index (κ1) is 24.6. The van der Waals surface area contributed by atoms with Gasteiger partial charge in [0.25, 0.3) is 0 Å². The van der Waals surface area contributed by atoms with Crippen LogP contribution in [0.1, 0.15) is 10.4 Å². The number of alkyl halides is 3. The Morgan fingerprint density at radius 1 is 1.16 bits per heavy atom. The monoisotopic (exact) mass is 812 g/mol. The molecule has 174 valence electrons. The first-order valence-corrected chi connectivity index (χ1v) is 13.2. The highest BCUT2D eigenvalue weighted by Gasteiger charge is 2.70. The summed E-state index contributed by atoms with van der Waals surface area (Å²) in [7, 11) is -6.11. The van der Waals surface area contributed by atoms with Crippen molar-refractivity contribution in [2.75, 3.05) is 0 Å². The fourth-order valence-electron chi connectivity index (χ4n) is 3.86. The molecule has 0 radical (unpaired) electrons. The van der Waals surface area contributed by atoms with E-state index in [1.807, 2.05) is 73.8 Å². The third-order valence-electron chi connectivity index (χ3n) is 5.15. The largest absolute Gasteiger partial charge is 0.861 e. The van der Waals surface area contributed by atoms with Gasteiger partial charge in [-0.25, -0.2) is 4.79 Å². The van der Waals surface area contributed by atoms with Crippen LogP contribution in [0, 0.1) is 22.5 Å². The number of ether oxygens (including phenoxy) is 3. The Labute approximate surface area is 218 Å². The molecule has 3 aliphatic heterocycles. The molecule has 3 heterocycles. The molecule has 0 aliphatic carbocycles. The molecule has 6 atom stereocenters. The van der Waals surface area contributed by atoms with Gasteiger partial charge in [-0.1, -0.05) is 0 Å². The zero-order valence-electron chi connectivity index (χ0n) is 15.0. The fourth-order valence-corrected chi connectivity index (χ4v) is 6.70. The summed E-state index contributed by atoms with van der Waals surface area (Å²) in [5.74, 6) is -6.13. The number of nitrogens with zero attached hydrogens (tertiary/aromatic N) is 1. The molecule has 4 rings (SSSR count). The number of esters is 2. The summed E-state index contributed by atoms with van der Waals surface area (Å²) in [6.45, 7) is 0. The highest BCUT2D eigenvalue weighted by molar-refractivity contribution is 14.1. The van der Waals surface area contributed by atoms with Crippen LogP contribution < -0.4 is 5.11 Å². The van der Waals surface area contributed by atoms with Gasteiger partial charge in [0.05, 0.1) is 11.5 Å². The van der Waals surface area contributed by atoms with Crippen molar-refractivity contribution in [3.05, 3.63) is 28.4 Å². The number of fused-ring (bicyclic) bond motifs is 1. The number of hydrogen-bond donors (Lipinski definition) is 0. The van der Waals surface area contributed by atoms with Crippen molar-refractivity contribution in [1.29, 1.82) is 0 Å². The third kappa shape index (κ3) is 4.00. The van der Waals surface area contributed by atoms with Gasteiger partial charge >= 0.3 is 27.5 Å². The molecular formula is C16H8F3I3NO8S-. The first-order valence-electron chi connectivity index (χ1n) is 8.52. The van der Waals surface area contributed by atoms with Crippen molar-refractivity contribution in [2.24, 2.45) is 16.2 Å². The molecule has 0 amide bonds. The van der Waals surface area contributed by atoms with E-state index in [-0.39, 0.29) is 5.56 Å². The van der Waals surface area contributed by atoms with Crippen molar-refractivity contribution >= 4 is 95.6 Å². The van der Waals surface area contributed by atoms with Crippen LogP contribution in [-0.2, 0) is 29.0 Å². The Hall–Kier alpha value is -0.480. The summed E-state index contributed by atoms with van der Waals surface area (Å²) >= 11 is 5.95. The van der Waals surface area contributed by atoms with Gasteiger partial charge in [0.1, 0.15) is 30.3 Å². The number of benzene rings is 1. The molecule has 1 aromatic rings. The van der Waals surface area contributed by atoms with Gasteiger partial charge in [-0.3, -0.25) is 4.79 Å². The topological polar surface area (TPSA) is 131 Å². The normalized spacial score (nSPS) is 31.7. The molecule has 3 aliphatic rings. The second-order valence-corrected chi connectivity index (χ2v) is 12.1. The molecule has 2 bridgehead atoms. The molecule has 32 heavy (non-hydrogen) atoms. The summed E-state index contributed by atoms with van der Waals surface area (Å²) in [5.41, 5.74) is -5.60. The van der Waals surface area contributed by atoms with Crippen molar-refractivity contribution < 1.29 is 50.5 Å². The summed E-state index contributed by atoms with van der Waals surface area (Å²) in [6.07, 6.45) is -5.13. The lowest BCUT2D eigenvalue weighted by molar-refractivity contribution is -0.228. The Bertz CT molecular complexity index is 1160. The average molecular weight is 812 g/mol. The maximum Gasteiger partial charge on any atom is 0.518 e. The molecule has 3 fully saturated rings. The molecule has 0 spiro atoms. The van der Waals surface area contributed by atoms with E-state index in [1.165, 1.54) is 0 Å². The highest BCUT2D eigenvalue weighted by Crippen LogP contribution is 2.51. The molecule has 16 heteroatoms. The summed E-state index contributed by atoms with van der Waals surface area (Å²) in [6, 6.07) is 3.36. The lowest BCUT2D eigenvalue weighted by atomic mass is 9.80. The molecule has 1 aromatic carbocycles. The fraction of sp³-hybridized carbons (Fsp3) is 0.438. The SMILES string of the molecule is O=C(OC1C2OC3C(OC(=O)C31)C2/C([O-])=N/S(=O)(=O)C(F)(F)F)c1cc(I)cc(I)c1I. The predicted octanol–water partition coefficient (Wildman–Crippen LogP) is 1.57. The van der Waals surface area contributed by atoms with Gasteiger partial charge in [-0.05, 0) is 85.8 Å². The van der Waals surface area contributed by atoms with E-state index in [0.29, 0.717) is 3.57 Å². The number of sulfonamides is 1. The van der Waals surface area contributed by atoms with E-state index in [2.05, 4.69) is 4.40 Å². The molecule has 3 saturated heterocycles. The van der Waals surface area contributed by atoms with Crippen LogP contribution in [0.15, 0.2) is 16.5 Å². The number of carbonyl (C=O) groups excluding carboxylic acids is 2. The summed E-state index contributed by atoms with van der Waals surface area (Å²) in [4.78, 5) is 25.1. The van der Waals surface area contributed by atoms with Crippen LogP contribution in [0.25, 0.3) is 0 Å². The Balaban J connectivity index is 1.66. The van der Waals surface area contributed by atoms with E-state index in [4.69, 9.17) is 14.2 Å². The van der Waals surface area contributed by atoms with Crippen LogP contribution in [0.3, 0.4) is 0 Å². The van der Waals surface area contributed by atoms with Crippen molar-refractivity contribution in [1.82, 2.24) is 0 Å². The Kier molecular flexibility index (Phi) is 6.41. The van der Waals surface area contributed by atoms with Gasteiger partial charge in [0.15, 0.2) is 0 Å². The van der Waals surface area contributed by atoms with Gasteiger partial charge in [-0.2, -0.15) is 26.0 Å². The maximum absolute atomic E-state index is 12.8. The van der Waals surface area contributed by atoms with E-state index < -0.39 is 69.6 Å². The maximum atomic E-state index is 12.8. The quantitative estimate of drug-likeness (QED) is 0.147. The smallest absolute Gasteiger partial charge is 0.518 e. The Morgan fingerprint density at radius 2 is 1.81 bits per heavy atom. The van der Waals surface area contributed by atoms with Gasteiger partial charge in [0, 0.05) is 10.7 Å². The number of hydrogen-bond acceptors (Lipinski definition) is 8. The molecule has 9 nitrogen and oxygen atoms in total.